The molecule has 1 fully saturated rings. The zero-order valence-electron chi connectivity index (χ0n) is 12.0. The maximum Gasteiger partial charge on any atom is 0.416 e. The fourth-order valence-electron chi connectivity index (χ4n) is 2.40. The average Bonchev–Trinajstić information content (AvgIpc) is 3.18. The molecule has 8 heteroatoms. The van der Waals surface area contributed by atoms with E-state index in [2.05, 4.69) is 15.6 Å². The van der Waals surface area contributed by atoms with Crippen molar-refractivity contribution < 1.29 is 18.0 Å². The molecule has 0 aliphatic carbocycles. The number of nitrogens with zero attached hydrogens (tertiary/aromatic N) is 1. The molecule has 0 saturated carbocycles. The number of halogens is 3. The van der Waals surface area contributed by atoms with E-state index < -0.39 is 11.7 Å². The number of alkyl halides is 3. The monoisotopic (exact) mass is 341 g/mol. The maximum atomic E-state index is 12.8. The van der Waals surface area contributed by atoms with E-state index in [0.29, 0.717) is 22.9 Å². The average molecular weight is 341 g/mol. The maximum absolute atomic E-state index is 12.8. The van der Waals surface area contributed by atoms with Gasteiger partial charge >= 0.3 is 6.18 Å². The molecule has 1 unspecified atom stereocenters. The summed E-state index contributed by atoms with van der Waals surface area (Å²) in [7, 11) is 0. The number of nitrogens with one attached hydrogen (secondary N) is 2. The van der Waals surface area contributed by atoms with E-state index in [1.807, 2.05) is 0 Å². The number of carbonyl (C=O) groups is 1. The zero-order chi connectivity index (χ0) is 16.4. The number of benzene rings is 1. The van der Waals surface area contributed by atoms with E-state index >= 15 is 0 Å². The summed E-state index contributed by atoms with van der Waals surface area (Å²) in [5.41, 5.74) is 0.0747. The summed E-state index contributed by atoms with van der Waals surface area (Å²) in [6.07, 6.45) is -3.61. The normalized spacial score (nSPS) is 18.1. The van der Waals surface area contributed by atoms with Crippen LogP contribution in [0.15, 0.2) is 29.6 Å². The lowest BCUT2D eigenvalue weighted by molar-refractivity contribution is -0.137. The highest BCUT2D eigenvalue weighted by Gasteiger charge is 2.30. The molecular weight excluding hydrogens is 327 g/mol. The molecule has 2 aromatic rings. The van der Waals surface area contributed by atoms with Crippen LogP contribution >= 0.6 is 11.3 Å². The van der Waals surface area contributed by atoms with Crippen molar-refractivity contribution in [2.24, 2.45) is 5.92 Å². The topological polar surface area (TPSA) is 54.0 Å². The minimum atomic E-state index is -4.39. The van der Waals surface area contributed by atoms with Crippen LogP contribution in [0.5, 0.6) is 0 Å². The van der Waals surface area contributed by atoms with Crippen LogP contribution in [0.1, 0.15) is 12.0 Å². The molecule has 2 N–H and O–H groups in total. The van der Waals surface area contributed by atoms with Gasteiger partial charge in [0.25, 0.3) is 0 Å². The summed E-state index contributed by atoms with van der Waals surface area (Å²) in [4.78, 5) is 16.2. The van der Waals surface area contributed by atoms with Gasteiger partial charge in [-0.05, 0) is 25.1 Å². The summed E-state index contributed by atoms with van der Waals surface area (Å²) < 4.78 is 38.3. The Morgan fingerprint density at radius 3 is 2.91 bits per heavy atom. The first kappa shape index (κ1) is 15.9. The zero-order valence-corrected chi connectivity index (χ0v) is 12.8. The number of thiazole rings is 1. The fourth-order valence-corrected chi connectivity index (χ4v) is 3.13. The van der Waals surface area contributed by atoms with Gasteiger partial charge in [0, 0.05) is 17.5 Å². The van der Waals surface area contributed by atoms with Gasteiger partial charge in [-0.2, -0.15) is 13.2 Å². The largest absolute Gasteiger partial charge is 0.416 e. The minimum Gasteiger partial charge on any atom is -0.316 e. The fraction of sp³-hybridized carbons (Fsp3) is 0.333. The summed E-state index contributed by atoms with van der Waals surface area (Å²) >= 11 is 1.20. The first-order valence-corrected chi connectivity index (χ1v) is 7.96. The summed E-state index contributed by atoms with van der Waals surface area (Å²) in [6.45, 7) is 1.45. The Kier molecular flexibility index (Phi) is 4.36. The first-order chi connectivity index (χ1) is 10.9. The Bertz CT molecular complexity index is 708. The van der Waals surface area contributed by atoms with Gasteiger partial charge in [0.2, 0.25) is 5.91 Å². The molecule has 3 rings (SSSR count). The number of rotatable bonds is 3. The van der Waals surface area contributed by atoms with E-state index in [4.69, 9.17) is 0 Å². The van der Waals surface area contributed by atoms with Crippen molar-refractivity contribution in [2.75, 3.05) is 18.4 Å². The highest BCUT2D eigenvalue weighted by molar-refractivity contribution is 7.14. The molecule has 1 aromatic carbocycles. The van der Waals surface area contributed by atoms with E-state index in [0.717, 1.165) is 25.1 Å². The molecule has 23 heavy (non-hydrogen) atoms. The van der Waals surface area contributed by atoms with Gasteiger partial charge < -0.3 is 10.6 Å². The molecule has 1 saturated heterocycles. The van der Waals surface area contributed by atoms with Crippen LogP contribution < -0.4 is 10.6 Å². The second kappa shape index (κ2) is 6.29. The Morgan fingerprint density at radius 2 is 2.22 bits per heavy atom. The first-order valence-electron chi connectivity index (χ1n) is 7.08. The highest BCUT2D eigenvalue weighted by Crippen LogP contribution is 2.33. The third kappa shape index (κ3) is 3.70. The molecule has 1 aromatic heterocycles. The van der Waals surface area contributed by atoms with Gasteiger partial charge in [-0.15, -0.1) is 11.3 Å². The van der Waals surface area contributed by atoms with Crippen molar-refractivity contribution in [3.8, 4) is 11.3 Å². The second-order valence-electron chi connectivity index (χ2n) is 5.30. The van der Waals surface area contributed by atoms with Crippen molar-refractivity contribution in [1.29, 1.82) is 0 Å². The van der Waals surface area contributed by atoms with E-state index in [-0.39, 0.29) is 11.8 Å². The Labute approximate surface area is 134 Å². The lowest BCUT2D eigenvalue weighted by Gasteiger charge is -2.08. The number of hydrogen-bond donors (Lipinski definition) is 2. The predicted octanol–water partition coefficient (Wildman–Crippen LogP) is 3.38. The van der Waals surface area contributed by atoms with Crippen molar-refractivity contribution in [3.63, 3.8) is 0 Å². The van der Waals surface area contributed by atoms with Crippen LogP contribution in [-0.4, -0.2) is 24.0 Å². The molecule has 1 aliphatic heterocycles. The lowest BCUT2D eigenvalue weighted by Crippen LogP contribution is -2.24. The number of hydrogen-bond acceptors (Lipinski definition) is 4. The molecular formula is C15H14F3N3OS. The van der Waals surface area contributed by atoms with Gasteiger partial charge in [0.05, 0.1) is 17.2 Å². The Hall–Kier alpha value is -1.93. The van der Waals surface area contributed by atoms with Gasteiger partial charge in [-0.1, -0.05) is 12.1 Å². The summed E-state index contributed by atoms with van der Waals surface area (Å²) in [5, 5.41) is 7.87. The molecule has 4 nitrogen and oxygen atoms in total. The Morgan fingerprint density at radius 1 is 1.39 bits per heavy atom. The number of amides is 1. The number of aromatic nitrogens is 1. The van der Waals surface area contributed by atoms with Crippen molar-refractivity contribution in [3.05, 3.63) is 35.2 Å². The van der Waals surface area contributed by atoms with E-state index in [1.54, 1.807) is 11.4 Å². The molecule has 0 spiro atoms. The van der Waals surface area contributed by atoms with Crippen molar-refractivity contribution >= 4 is 22.4 Å². The second-order valence-corrected chi connectivity index (χ2v) is 6.15. The SMILES string of the molecule is O=C(Nc1nc(-c2cccc(C(F)(F)F)c2)cs1)C1CCNC1. The van der Waals surface area contributed by atoms with Crippen LogP contribution in [0.4, 0.5) is 18.3 Å². The molecule has 0 radical (unpaired) electrons. The molecule has 1 atom stereocenters. The Balaban J connectivity index is 1.75. The minimum absolute atomic E-state index is 0.0871. The highest BCUT2D eigenvalue weighted by atomic mass is 32.1. The third-order valence-electron chi connectivity index (χ3n) is 3.65. The van der Waals surface area contributed by atoms with E-state index in [1.165, 1.54) is 17.4 Å². The van der Waals surface area contributed by atoms with Crippen LogP contribution in [0.2, 0.25) is 0 Å². The van der Waals surface area contributed by atoms with Gasteiger partial charge in [-0.25, -0.2) is 4.98 Å². The smallest absolute Gasteiger partial charge is 0.316 e. The predicted molar refractivity (Wildman–Crippen MR) is 82.2 cm³/mol. The van der Waals surface area contributed by atoms with Crippen LogP contribution in [-0.2, 0) is 11.0 Å². The van der Waals surface area contributed by atoms with Gasteiger partial charge in [0.15, 0.2) is 5.13 Å². The van der Waals surface area contributed by atoms with Gasteiger partial charge in [0.1, 0.15) is 0 Å². The molecule has 2 heterocycles. The van der Waals surface area contributed by atoms with E-state index in [9.17, 15) is 18.0 Å². The molecule has 0 bridgehead atoms. The molecule has 1 aliphatic rings. The van der Waals surface area contributed by atoms with Crippen molar-refractivity contribution in [1.82, 2.24) is 10.3 Å². The van der Waals surface area contributed by atoms with Crippen LogP contribution in [0, 0.1) is 5.92 Å². The van der Waals surface area contributed by atoms with Crippen LogP contribution in [0.3, 0.4) is 0 Å². The quantitative estimate of drug-likeness (QED) is 0.900. The standard InChI is InChI=1S/C15H14F3N3OS/c16-15(17,18)11-3-1-2-9(6-11)12-8-23-14(20-12)21-13(22)10-4-5-19-7-10/h1-3,6,8,10,19H,4-5,7H2,(H,20,21,22). The summed E-state index contributed by atoms with van der Waals surface area (Å²) in [5.74, 6) is -0.198. The molecule has 1 amide bonds. The number of carbonyl (C=O) groups excluding carboxylic acids is 1. The van der Waals surface area contributed by atoms with Crippen molar-refractivity contribution in [2.45, 2.75) is 12.6 Å². The number of anilines is 1. The third-order valence-corrected chi connectivity index (χ3v) is 4.41. The molecule has 122 valence electrons. The summed E-state index contributed by atoms with van der Waals surface area (Å²) in [6, 6.07) is 4.99. The van der Waals surface area contributed by atoms with Gasteiger partial charge in [-0.3, -0.25) is 4.79 Å². The van der Waals surface area contributed by atoms with Crippen LogP contribution in [0.25, 0.3) is 11.3 Å². The lowest BCUT2D eigenvalue weighted by atomic mass is 10.1.